The molecule has 0 aromatic rings. The summed E-state index contributed by atoms with van der Waals surface area (Å²) in [4.78, 5) is 11.8. The quantitative estimate of drug-likeness (QED) is 0.766. The molecule has 0 aromatic carbocycles. The molecule has 2 aliphatic heterocycles. The van der Waals surface area contributed by atoms with Crippen molar-refractivity contribution in [3.05, 3.63) is 0 Å². The molecule has 0 aromatic heterocycles. The minimum Gasteiger partial charge on any atom is -0.378 e. The topological polar surface area (TPSA) is 59.6 Å². The van der Waals surface area contributed by atoms with Crippen LogP contribution in [-0.4, -0.2) is 50.5 Å². The molecule has 18 heavy (non-hydrogen) atoms. The molecule has 0 aliphatic carbocycles. The highest BCUT2D eigenvalue weighted by Crippen LogP contribution is 2.13. The predicted octanol–water partition coefficient (Wildman–Crippen LogP) is 0.439. The van der Waals surface area contributed by atoms with Gasteiger partial charge < -0.3 is 20.1 Å². The number of carbonyl (C=O) groups excluding carboxylic acids is 1. The Labute approximate surface area is 109 Å². The van der Waals surface area contributed by atoms with Gasteiger partial charge in [0.25, 0.3) is 0 Å². The second-order valence-corrected chi connectivity index (χ2v) is 5.23. The lowest BCUT2D eigenvalue weighted by Gasteiger charge is -2.28. The Balaban J connectivity index is 1.62. The van der Waals surface area contributed by atoms with Gasteiger partial charge in [0.15, 0.2) is 0 Å². The van der Waals surface area contributed by atoms with Gasteiger partial charge >= 0.3 is 0 Å². The largest absolute Gasteiger partial charge is 0.378 e. The van der Waals surface area contributed by atoms with Crippen LogP contribution in [0.4, 0.5) is 0 Å². The molecule has 2 unspecified atom stereocenters. The molecule has 104 valence electrons. The third-order valence-electron chi connectivity index (χ3n) is 3.59. The summed E-state index contributed by atoms with van der Waals surface area (Å²) in [5.41, 5.74) is 0. The summed E-state index contributed by atoms with van der Waals surface area (Å²) in [6.07, 6.45) is 4.30. The lowest BCUT2D eigenvalue weighted by molar-refractivity contribution is -0.129. The summed E-state index contributed by atoms with van der Waals surface area (Å²) in [5.74, 6) is 0.00707. The van der Waals surface area contributed by atoms with Gasteiger partial charge in [0.2, 0.25) is 5.91 Å². The van der Waals surface area contributed by atoms with E-state index in [0.29, 0.717) is 0 Å². The van der Waals surface area contributed by atoms with E-state index in [1.54, 1.807) is 0 Å². The van der Waals surface area contributed by atoms with Gasteiger partial charge in [-0.2, -0.15) is 0 Å². The van der Waals surface area contributed by atoms with Crippen molar-refractivity contribution in [1.29, 1.82) is 0 Å². The van der Waals surface area contributed by atoms with Gasteiger partial charge in [0.1, 0.15) is 6.61 Å². The summed E-state index contributed by atoms with van der Waals surface area (Å²) in [5, 5.41) is 6.31. The number of hydrogen-bond donors (Lipinski definition) is 2. The zero-order valence-electron chi connectivity index (χ0n) is 11.1. The summed E-state index contributed by atoms with van der Waals surface area (Å²) >= 11 is 0. The molecule has 0 bridgehead atoms. The average molecular weight is 256 g/mol. The van der Waals surface area contributed by atoms with Gasteiger partial charge in [-0.25, -0.2) is 0 Å². The molecule has 0 radical (unpaired) electrons. The number of rotatable bonds is 4. The number of hydrogen-bond acceptors (Lipinski definition) is 4. The van der Waals surface area contributed by atoms with Gasteiger partial charge in [-0.3, -0.25) is 4.79 Å². The summed E-state index contributed by atoms with van der Waals surface area (Å²) in [7, 11) is 0. The molecule has 1 amide bonds. The molecular formula is C13H24N2O3. The minimum absolute atomic E-state index is 0.00707. The highest BCUT2D eigenvalue weighted by atomic mass is 16.5. The molecule has 5 heteroatoms. The number of carbonyl (C=O) groups is 1. The van der Waals surface area contributed by atoms with Crippen molar-refractivity contribution < 1.29 is 14.3 Å². The van der Waals surface area contributed by atoms with Crippen LogP contribution in [0.1, 0.15) is 32.6 Å². The van der Waals surface area contributed by atoms with Gasteiger partial charge in [-0.05, 0) is 45.7 Å². The Hall–Kier alpha value is -0.650. The second-order valence-electron chi connectivity index (χ2n) is 5.23. The Kier molecular flexibility index (Phi) is 5.41. The maximum absolute atomic E-state index is 11.8. The Morgan fingerprint density at radius 3 is 2.89 bits per heavy atom. The van der Waals surface area contributed by atoms with Crippen molar-refractivity contribution in [2.45, 2.75) is 50.9 Å². The molecule has 2 heterocycles. The molecule has 5 nitrogen and oxygen atoms in total. The fraction of sp³-hybridized carbons (Fsp3) is 0.923. The Bertz CT molecular complexity index is 267. The SMILES string of the molecule is CC1CC(NC(=O)COC2CCNCC2)CCO1. The number of piperidine rings is 1. The highest BCUT2D eigenvalue weighted by Gasteiger charge is 2.21. The maximum Gasteiger partial charge on any atom is 0.246 e. The van der Waals surface area contributed by atoms with Crippen molar-refractivity contribution >= 4 is 5.91 Å². The minimum atomic E-state index is 0.00707. The van der Waals surface area contributed by atoms with Gasteiger partial charge in [-0.1, -0.05) is 0 Å². The average Bonchev–Trinajstić information content (AvgIpc) is 2.38. The summed E-state index contributed by atoms with van der Waals surface area (Å²) in [6.45, 7) is 4.95. The standard InChI is InChI=1S/C13H24N2O3/c1-10-8-11(4-7-17-10)15-13(16)9-18-12-2-5-14-6-3-12/h10-12,14H,2-9H2,1H3,(H,15,16). The monoisotopic (exact) mass is 256 g/mol. The highest BCUT2D eigenvalue weighted by molar-refractivity contribution is 5.77. The van der Waals surface area contributed by atoms with Crippen LogP contribution in [0.25, 0.3) is 0 Å². The Morgan fingerprint density at radius 2 is 2.17 bits per heavy atom. The van der Waals surface area contributed by atoms with E-state index in [2.05, 4.69) is 10.6 Å². The van der Waals surface area contributed by atoms with Crippen molar-refractivity contribution in [1.82, 2.24) is 10.6 Å². The van der Waals surface area contributed by atoms with Crippen LogP contribution < -0.4 is 10.6 Å². The summed E-state index contributed by atoms with van der Waals surface area (Å²) < 4.78 is 11.1. The van der Waals surface area contributed by atoms with E-state index >= 15 is 0 Å². The zero-order valence-corrected chi connectivity index (χ0v) is 11.1. The van der Waals surface area contributed by atoms with Crippen LogP contribution in [0, 0.1) is 0 Å². The lowest BCUT2D eigenvalue weighted by atomic mass is 10.0. The second kappa shape index (κ2) is 7.07. The third kappa shape index (κ3) is 4.55. The first-order valence-electron chi connectivity index (χ1n) is 6.97. The zero-order chi connectivity index (χ0) is 12.8. The smallest absolute Gasteiger partial charge is 0.246 e. The lowest BCUT2D eigenvalue weighted by Crippen LogP contribution is -2.43. The Morgan fingerprint density at radius 1 is 1.39 bits per heavy atom. The fourth-order valence-corrected chi connectivity index (χ4v) is 2.55. The van der Waals surface area contributed by atoms with E-state index in [9.17, 15) is 4.79 Å². The molecule has 2 fully saturated rings. The first kappa shape index (κ1) is 13.8. The number of nitrogens with one attached hydrogen (secondary N) is 2. The van der Waals surface area contributed by atoms with Crippen molar-refractivity contribution in [3.8, 4) is 0 Å². The van der Waals surface area contributed by atoms with Gasteiger partial charge in [0, 0.05) is 12.6 Å². The molecule has 2 saturated heterocycles. The summed E-state index contributed by atoms with van der Waals surface area (Å²) in [6, 6.07) is 0.248. The maximum atomic E-state index is 11.8. The van der Waals surface area contributed by atoms with Gasteiger partial charge in [0.05, 0.1) is 12.2 Å². The molecule has 2 N–H and O–H groups in total. The fourth-order valence-electron chi connectivity index (χ4n) is 2.55. The predicted molar refractivity (Wildman–Crippen MR) is 68.4 cm³/mol. The number of amides is 1. The van der Waals surface area contributed by atoms with Crippen molar-refractivity contribution in [2.24, 2.45) is 0 Å². The van der Waals surface area contributed by atoms with Crippen molar-refractivity contribution in [2.75, 3.05) is 26.3 Å². The van der Waals surface area contributed by atoms with Crippen molar-refractivity contribution in [3.63, 3.8) is 0 Å². The molecule has 2 rings (SSSR count). The van der Waals surface area contributed by atoms with Crippen LogP contribution >= 0.6 is 0 Å². The van der Waals surface area contributed by atoms with E-state index in [1.807, 2.05) is 6.92 Å². The van der Waals surface area contributed by atoms with Crippen LogP contribution in [-0.2, 0) is 14.3 Å². The molecule has 2 aliphatic rings. The van der Waals surface area contributed by atoms with E-state index in [-0.39, 0.29) is 30.8 Å². The van der Waals surface area contributed by atoms with E-state index in [1.165, 1.54) is 0 Å². The van der Waals surface area contributed by atoms with E-state index in [0.717, 1.165) is 45.4 Å². The molecule has 2 atom stereocenters. The van der Waals surface area contributed by atoms with Crippen LogP contribution in [0.2, 0.25) is 0 Å². The van der Waals surface area contributed by atoms with Gasteiger partial charge in [-0.15, -0.1) is 0 Å². The van der Waals surface area contributed by atoms with Crippen LogP contribution in [0.3, 0.4) is 0 Å². The van der Waals surface area contributed by atoms with E-state index in [4.69, 9.17) is 9.47 Å². The first-order valence-corrected chi connectivity index (χ1v) is 6.97. The van der Waals surface area contributed by atoms with Crippen LogP contribution in [0.15, 0.2) is 0 Å². The molecular weight excluding hydrogens is 232 g/mol. The van der Waals surface area contributed by atoms with E-state index < -0.39 is 0 Å². The number of ether oxygens (including phenoxy) is 2. The third-order valence-corrected chi connectivity index (χ3v) is 3.59. The van der Waals surface area contributed by atoms with Crippen LogP contribution in [0.5, 0.6) is 0 Å². The molecule has 0 saturated carbocycles. The first-order chi connectivity index (χ1) is 8.74. The molecule has 0 spiro atoms. The normalized spacial score (nSPS) is 30.1.